The Kier molecular flexibility index (Phi) is 7.87. The zero-order chi connectivity index (χ0) is 12.5. The maximum atomic E-state index is 3.43. The highest BCUT2D eigenvalue weighted by atomic mass is 15.2. The molecule has 1 saturated heterocycles. The Labute approximate surface area is 108 Å². The Balaban J connectivity index is 2.32. The van der Waals surface area contributed by atoms with Gasteiger partial charge in [0.1, 0.15) is 0 Å². The summed E-state index contributed by atoms with van der Waals surface area (Å²) >= 11 is 0. The van der Waals surface area contributed by atoms with Gasteiger partial charge in [-0.05, 0) is 58.7 Å². The summed E-state index contributed by atoms with van der Waals surface area (Å²) in [7, 11) is 0. The molecule has 0 radical (unpaired) electrons. The molecule has 1 rings (SSSR count). The minimum atomic E-state index is 0.775. The summed E-state index contributed by atoms with van der Waals surface area (Å²) in [5.41, 5.74) is 0. The van der Waals surface area contributed by atoms with E-state index < -0.39 is 0 Å². The number of likely N-dealkylation sites (tertiary alicyclic amines) is 1. The first kappa shape index (κ1) is 15.0. The average Bonchev–Trinajstić information content (AvgIpc) is 2.59. The summed E-state index contributed by atoms with van der Waals surface area (Å²) in [5, 5.41) is 3.43. The van der Waals surface area contributed by atoms with Crippen LogP contribution in [-0.4, -0.2) is 36.6 Å². The number of hydrogen-bond donors (Lipinski definition) is 1. The molecule has 0 aromatic carbocycles. The molecule has 2 heteroatoms. The van der Waals surface area contributed by atoms with Crippen LogP contribution in [0.4, 0.5) is 0 Å². The van der Waals surface area contributed by atoms with E-state index in [2.05, 4.69) is 31.0 Å². The van der Waals surface area contributed by atoms with Crippen LogP contribution in [0.15, 0.2) is 0 Å². The van der Waals surface area contributed by atoms with Gasteiger partial charge in [-0.1, -0.05) is 26.7 Å². The summed E-state index contributed by atoms with van der Waals surface area (Å²) in [4.78, 5) is 2.79. The fourth-order valence-corrected chi connectivity index (χ4v) is 3.08. The van der Waals surface area contributed by atoms with E-state index in [-0.39, 0.29) is 0 Å². The van der Waals surface area contributed by atoms with Gasteiger partial charge in [0.25, 0.3) is 0 Å². The normalized spacial score (nSPS) is 24.5. The highest BCUT2D eigenvalue weighted by Crippen LogP contribution is 2.22. The summed E-state index contributed by atoms with van der Waals surface area (Å²) in [6.07, 6.45) is 9.72. The van der Waals surface area contributed by atoms with E-state index in [0.29, 0.717) is 0 Å². The maximum Gasteiger partial charge on any atom is 0.00954 e. The molecule has 0 aromatic heterocycles. The summed E-state index contributed by atoms with van der Waals surface area (Å²) in [6, 6.07) is 1.63. The highest BCUT2D eigenvalue weighted by Gasteiger charge is 2.23. The zero-order valence-corrected chi connectivity index (χ0v) is 12.2. The van der Waals surface area contributed by atoms with Crippen LogP contribution in [0.3, 0.4) is 0 Å². The number of nitrogens with one attached hydrogen (secondary N) is 1. The quantitative estimate of drug-likeness (QED) is 0.686. The largest absolute Gasteiger partial charge is 0.317 e. The van der Waals surface area contributed by atoms with E-state index >= 15 is 0 Å². The third kappa shape index (κ3) is 5.39. The third-order valence-electron chi connectivity index (χ3n) is 4.19. The Morgan fingerprint density at radius 1 is 1.24 bits per heavy atom. The Bertz CT molecular complexity index is 182. The van der Waals surface area contributed by atoms with E-state index in [4.69, 9.17) is 0 Å². The van der Waals surface area contributed by atoms with Gasteiger partial charge in [-0.15, -0.1) is 0 Å². The number of hydrogen-bond acceptors (Lipinski definition) is 2. The highest BCUT2D eigenvalue weighted by molar-refractivity contribution is 4.78. The van der Waals surface area contributed by atoms with Crippen molar-refractivity contribution in [1.29, 1.82) is 0 Å². The lowest BCUT2D eigenvalue weighted by Gasteiger charge is -2.35. The van der Waals surface area contributed by atoms with Crippen molar-refractivity contribution in [2.24, 2.45) is 0 Å². The van der Waals surface area contributed by atoms with Gasteiger partial charge in [0.05, 0.1) is 0 Å². The van der Waals surface area contributed by atoms with Crippen molar-refractivity contribution < 1.29 is 0 Å². The van der Waals surface area contributed by atoms with Gasteiger partial charge in [0, 0.05) is 12.1 Å². The first-order valence-electron chi connectivity index (χ1n) is 7.76. The lowest BCUT2D eigenvalue weighted by Crippen LogP contribution is -2.41. The van der Waals surface area contributed by atoms with Gasteiger partial charge in [-0.2, -0.15) is 0 Å². The van der Waals surface area contributed by atoms with Crippen LogP contribution in [0.5, 0.6) is 0 Å². The first-order chi connectivity index (χ1) is 8.29. The van der Waals surface area contributed by atoms with E-state index in [9.17, 15) is 0 Å². The zero-order valence-electron chi connectivity index (χ0n) is 12.2. The molecule has 0 spiro atoms. The fraction of sp³-hybridized carbons (Fsp3) is 1.00. The molecule has 17 heavy (non-hydrogen) atoms. The first-order valence-corrected chi connectivity index (χ1v) is 7.76. The topological polar surface area (TPSA) is 15.3 Å². The molecule has 1 aliphatic rings. The maximum absolute atomic E-state index is 3.43. The molecule has 2 unspecified atom stereocenters. The van der Waals surface area contributed by atoms with Crippen LogP contribution in [0, 0.1) is 0 Å². The third-order valence-corrected chi connectivity index (χ3v) is 4.19. The van der Waals surface area contributed by atoms with Gasteiger partial charge in [0.15, 0.2) is 0 Å². The average molecular weight is 240 g/mol. The van der Waals surface area contributed by atoms with Crippen LogP contribution >= 0.6 is 0 Å². The van der Waals surface area contributed by atoms with Crippen LogP contribution in [0.2, 0.25) is 0 Å². The standard InChI is InChI=1S/C15H32N2/c1-4-15-11-7-6-8-13-17(15)14(3)10-9-12-16-5-2/h14-16H,4-13H2,1-3H3. The fourth-order valence-electron chi connectivity index (χ4n) is 3.08. The molecule has 2 atom stereocenters. The van der Waals surface area contributed by atoms with Crippen LogP contribution in [0.25, 0.3) is 0 Å². The minimum Gasteiger partial charge on any atom is -0.317 e. The molecule has 0 amide bonds. The van der Waals surface area contributed by atoms with E-state index in [1.165, 1.54) is 58.0 Å². The molecule has 1 N–H and O–H groups in total. The van der Waals surface area contributed by atoms with Crippen molar-refractivity contribution in [3.05, 3.63) is 0 Å². The van der Waals surface area contributed by atoms with Crippen LogP contribution < -0.4 is 5.32 Å². The molecule has 1 aliphatic heterocycles. The van der Waals surface area contributed by atoms with Gasteiger partial charge < -0.3 is 5.32 Å². The molecule has 1 heterocycles. The monoisotopic (exact) mass is 240 g/mol. The van der Waals surface area contributed by atoms with Crippen molar-refractivity contribution in [3.8, 4) is 0 Å². The van der Waals surface area contributed by atoms with Gasteiger partial charge in [-0.3, -0.25) is 4.90 Å². The second-order valence-corrected chi connectivity index (χ2v) is 5.49. The van der Waals surface area contributed by atoms with Crippen molar-refractivity contribution in [3.63, 3.8) is 0 Å². The second-order valence-electron chi connectivity index (χ2n) is 5.49. The molecule has 0 aliphatic carbocycles. The predicted molar refractivity (Wildman–Crippen MR) is 76.5 cm³/mol. The van der Waals surface area contributed by atoms with Crippen molar-refractivity contribution in [1.82, 2.24) is 10.2 Å². The minimum absolute atomic E-state index is 0.775. The Morgan fingerprint density at radius 3 is 2.76 bits per heavy atom. The summed E-state index contributed by atoms with van der Waals surface area (Å²) < 4.78 is 0. The van der Waals surface area contributed by atoms with Crippen molar-refractivity contribution >= 4 is 0 Å². The SMILES string of the molecule is CCNCCCC(C)N1CCCCCC1CC. The molecule has 0 saturated carbocycles. The van der Waals surface area contributed by atoms with Gasteiger partial charge >= 0.3 is 0 Å². The summed E-state index contributed by atoms with van der Waals surface area (Å²) in [5.74, 6) is 0. The predicted octanol–water partition coefficient (Wildman–Crippen LogP) is 3.42. The number of rotatable bonds is 7. The van der Waals surface area contributed by atoms with E-state index in [1.807, 2.05) is 0 Å². The van der Waals surface area contributed by atoms with Crippen molar-refractivity contribution in [2.75, 3.05) is 19.6 Å². The second kappa shape index (κ2) is 8.93. The molecule has 102 valence electrons. The Morgan fingerprint density at radius 2 is 2.06 bits per heavy atom. The molecule has 0 aromatic rings. The molecule has 2 nitrogen and oxygen atoms in total. The molecule has 0 bridgehead atoms. The lowest BCUT2D eigenvalue weighted by atomic mass is 10.0. The van der Waals surface area contributed by atoms with E-state index in [1.54, 1.807) is 0 Å². The Hall–Kier alpha value is -0.0800. The van der Waals surface area contributed by atoms with Gasteiger partial charge in [0.2, 0.25) is 0 Å². The molecular formula is C15H32N2. The number of nitrogens with zero attached hydrogens (tertiary/aromatic N) is 1. The summed E-state index contributed by atoms with van der Waals surface area (Å²) in [6.45, 7) is 10.6. The van der Waals surface area contributed by atoms with E-state index in [0.717, 1.165) is 18.6 Å². The lowest BCUT2D eigenvalue weighted by molar-refractivity contribution is 0.134. The van der Waals surface area contributed by atoms with Crippen molar-refractivity contribution in [2.45, 2.75) is 77.8 Å². The smallest absolute Gasteiger partial charge is 0.00954 e. The van der Waals surface area contributed by atoms with Gasteiger partial charge in [-0.25, -0.2) is 0 Å². The van der Waals surface area contributed by atoms with Crippen LogP contribution in [0.1, 0.15) is 65.7 Å². The van der Waals surface area contributed by atoms with Crippen LogP contribution in [-0.2, 0) is 0 Å². The molecular weight excluding hydrogens is 208 g/mol. The molecule has 1 fully saturated rings.